The van der Waals surface area contributed by atoms with Crippen molar-refractivity contribution in [1.82, 2.24) is 0 Å². The summed E-state index contributed by atoms with van der Waals surface area (Å²) in [7, 11) is -2.17. The van der Waals surface area contributed by atoms with Crippen LogP contribution in [-0.2, 0) is 14.3 Å². The molecule has 0 radical (unpaired) electrons. The second kappa shape index (κ2) is 4.65. The van der Waals surface area contributed by atoms with E-state index >= 15 is 0 Å². The predicted molar refractivity (Wildman–Crippen MR) is 37.1 cm³/mol. The van der Waals surface area contributed by atoms with Crippen LogP contribution >= 0.6 is 0 Å². The van der Waals surface area contributed by atoms with E-state index in [2.05, 4.69) is 4.18 Å². The summed E-state index contributed by atoms with van der Waals surface area (Å²) in [5.41, 5.74) is 0. The van der Waals surface area contributed by atoms with Crippen LogP contribution in [0.2, 0.25) is 0 Å². The molecule has 0 rings (SSSR count). The molecule has 1 N–H and O–H groups in total. The molecule has 4 nitrogen and oxygen atoms in total. The van der Waals surface area contributed by atoms with E-state index in [1.165, 1.54) is 0 Å². The summed E-state index contributed by atoms with van der Waals surface area (Å²) in [5.74, 6) is -0.00986. The maximum atomic E-state index is 10.6. The monoisotopic (exact) mass is 168 g/mol. The van der Waals surface area contributed by atoms with E-state index in [1.807, 2.05) is 0 Å². The van der Waals surface area contributed by atoms with E-state index in [-0.39, 0.29) is 12.4 Å². The van der Waals surface area contributed by atoms with Crippen molar-refractivity contribution in [3.63, 3.8) is 0 Å². The largest absolute Gasteiger partial charge is 0.396 e. The summed E-state index contributed by atoms with van der Waals surface area (Å²) in [4.78, 5) is 0. The molecule has 0 heterocycles. The Morgan fingerprint density at radius 1 is 1.40 bits per heavy atom. The SMILES string of the molecule is COS(=O)(=O)CCCCO. The Balaban J connectivity index is 3.49. The molecule has 0 saturated heterocycles. The molecule has 0 aromatic rings. The summed E-state index contributed by atoms with van der Waals surface area (Å²) in [5, 5.41) is 8.30. The van der Waals surface area contributed by atoms with E-state index in [4.69, 9.17) is 5.11 Å². The van der Waals surface area contributed by atoms with Gasteiger partial charge >= 0.3 is 0 Å². The van der Waals surface area contributed by atoms with Gasteiger partial charge in [0.05, 0.1) is 12.9 Å². The van der Waals surface area contributed by atoms with Gasteiger partial charge in [-0.15, -0.1) is 0 Å². The Kier molecular flexibility index (Phi) is 4.59. The van der Waals surface area contributed by atoms with Crippen molar-refractivity contribution in [3.8, 4) is 0 Å². The third-order valence-electron chi connectivity index (χ3n) is 1.06. The Hall–Kier alpha value is -0.130. The van der Waals surface area contributed by atoms with Crippen LogP contribution in [0.1, 0.15) is 12.8 Å². The maximum absolute atomic E-state index is 10.6. The molecule has 0 atom stereocenters. The fourth-order valence-corrected chi connectivity index (χ4v) is 1.20. The highest BCUT2D eigenvalue weighted by atomic mass is 32.2. The van der Waals surface area contributed by atoms with Gasteiger partial charge in [0.15, 0.2) is 0 Å². The Morgan fingerprint density at radius 2 is 2.00 bits per heavy atom. The van der Waals surface area contributed by atoms with Crippen LogP contribution in [0.4, 0.5) is 0 Å². The fourth-order valence-electron chi connectivity index (χ4n) is 0.474. The number of hydrogen-bond donors (Lipinski definition) is 1. The first kappa shape index (κ1) is 9.87. The standard InChI is InChI=1S/C5H12O4S/c1-9-10(7,8)5-3-2-4-6/h6H,2-5H2,1H3. The van der Waals surface area contributed by atoms with Gasteiger partial charge in [0.2, 0.25) is 0 Å². The van der Waals surface area contributed by atoms with Crippen molar-refractivity contribution in [1.29, 1.82) is 0 Å². The number of hydrogen-bond acceptors (Lipinski definition) is 4. The molecule has 0 unspecified atom stereocenters. The highest BCUT2D eigenvalue weighted by Gasteiger charge is 2.06. The zero-order valence-corrected chi connectivity index (χ0v) is 6.73. The lowest BCUT2D eigenvalue weighted by Crippen LogP contribution is -2.07. The van der Waals surface area contributed by atoms with Gasteiger partial charge in [-0.2, -0.15) is 8.42 Å². The highest BCUT2D eigenvalue weighted by Crippen LogP contribution is 1.96. The molecule has 0 fully saturated rings. The van der Waals surface area contributed by atoms with E-state index in [0.717, 1.165) is 7.11 Å². The summed E-state index contributed by atoms with van der Waals surface area (Å²) >= 11 is 0. The molecular formula is C5H12O4S. The van der Waals surface area contributed by atoms with Crippen LogP contribution in [0.25, 0.3) is 0 Å². The molecule has 62 valence electrons. The molecule has 0 bridgehead atoms. The van der Waals surface area contributed by atoms with Crippen LogP contribution in [0.3, 0.4) is 0 Å². The Bertz CT molecular complexity index is 160. The minimum Gasteiger partial charge on any atom is -0.396 e. The minimum atomic E-state index is -3.30. The normalized spacial score (nSPS) is 11.8. The molecule has 0 spiro atoms. The highest BCUT2D eigenvalue weighted by molar-refractivity contribution is 7.86. The third-order valence-corrected chi connectivity index (χ3v) is 2.35. The Labute approximate surface area is 60.9 Å². The van der Waals surface area contributed by atoms with Gasteiger partial charge in [-0.05, 0) is 12.8 Å². The van der Waals surface area contributed by atoms with Crippen molar-refractivity contribution in [3.05, 3.63) is 0 Å². The van der Waals surface area contributed by atoms with Crippen LogP contribution in [-0.4, -0.2) is 33.0 Å². The van der Waals surface area contributed by atoms with Gasteiger partial charge in [-0.1, -0.05) is 0 Å². The second-order valence-electron chi connectivity index (χ2n) is 1.86. The van der Waals surface area contributed by atoms with Gasteiger partial charge in [0.25, 0.3) is 10.1 Å². The molecule has 0 aromatic carbocycles. The molecule has 5 heteroatoms. The summed E-state index contributed by atoms with van der Waals surface area (Å²) in [6.45, 7) is 0.0270. The molecular weight excluding hydrogens is 156 g/mol. The average Bonchev–Trinajstić information content (AvgIpc) is 1.89. The van der Waals surface area contributed by atoms with Crippen molar-refractivity contribution in [2.24, 2.45) is 0 Å². The molecule has 0 aliphatic carbocycles. The van der Waals surface area contributed by atoms with Gasteiger partial charge < -0.3 is 5.11 Å². The quantitative estimate of drug-likeness (QED) is 0.453. The number of aliphatic hydroxyl groups is 1. The van der Waals surface area contributed by atoms with Crippen LogP contribution in [0, 0.1) is 0 Å². The zero-order valence-electron chi connectivity index (χ0n) is 5.91. The number of rotatable bonds is 5. The van der Waals surface area contributed by atoms with Crippen molar-refractivity contribution < 1.29 is 17.7 Å². The van der Waals surface area contributed by atoms with Gasteiger partial charge in [-0.25, -0.2) is 0 Å². The van der Waals surface area contributed by atoms with Crippen LogP contribution < -0.4 is 0 Å². The lowest BCUT2D eigenvalue weighted by Gasteiger charge is -1.98. The van der Waals surface area contributed by atoms with E-state index in [9.17, 15) is 8.42 Å². The molecule has 0 aliphatic heterocycles. The van der Waals surface area contributed by atoms with Gasteiger partial charge in [0.1, 0.15) is 0 Å². The number of aliphatic hydroxyl groups excluding tert-OH is 1. The van der Waals surface area contributed by atoms with Crippen molar-refractivity contribution >= 4 is 10.1 Å². The van der Waals surface area contributed by atoms with Crippen LogP contribution in [0.5, 0.6) is 0 Å². The van der Waals surface area contributed by atoms with Gasteiger partial charge in [-0.3, -0.25) is 4.18 Å². The van der Waals surface area contributed by atoms with Crippen molar-refractivity contribution in [2.75, 3.05) is 19.5 Å². The lowest BCUT2D eigenvalue weighted by atomic mass is 10.4. The lowest BCUT2D eigenvalue weighted by molar-refractivity contribution is 0.286. The number of unbranched alkanes of at least 4 members (excludes halogenated alkanes) is 1. The topological polar surface area (TPSA) is 63.6 Å². The summed E-state index contributed by atoms with van der Waals surface area (Å²) < 4.78 is 25.3. The summed E-state index contributed by atoms with van der Waals surface area (Å²) in [6, 6.07) is 0. The first-order chi connectivity index (χ1) is 4.62. The molecule has 10 heavy (non-hydrogen) atoms. The molecule has 0 aliphatic rings. The second-order valence-corrected chi connectivity index (χ2v) is 3.72. The first-order valence-electron chi connectivity index (χ1n) is 3.01. The molecule has 0 saturated carbocycles. The van der Waals surface area contributed by atoms with E-state index < -0.39 is 10.1 Å². The Morgan fingerprint density at radius 3 is 2.40 bits per heavy atom. The van der Waals surface area contributed by atoms with Crippen LogP contribution in [0.15, 0.2) is 0 Å². The third kappa shape index (κ3) is 4.72. The minimum absolute atomic E-state index is 0.00986. The summed E-state index contributed by atoms with van der Waals surface area (Å²) in [6.07, 6.45) is 0.954. The van der Waals surface area contributed by atoms with Gasteiger partial charge in [0, 0.05) is 6.61 Å². The molecule has 0 aromatic heterocycles. The fraction of sp³-hybridized carbons (Fsp3) is 1.00. The predicted octanol–water partition coefficient (Wildman–Crippen LogP) is -0.265. The van der Waals surface area contributed by atoms with E-state index in [1.54, 1.807) is 0 Å². The van der Waals surface area contributed by atoms with Crippen molar-refractivity contribution in [2.45, 2.75) is 12.8 Å². The smallest absolute Gasteiger partial charge is 0.267 e. The average molecular weight is 168 g/mol. The first-order valence-corrected chi connectivity index (χ1v) is 4.59. The van der Waals surface area contributed by atoms with E-state index in [0.29, 0.717) is 12.8 Å². The maximum Gasteiger partial charge on any atom is 0.267 e. The molecule has 0 amide bonds. The zero-order chi connectivity index (χ0) is 8.04.